The van der Waals surface area contributed by atoms with Gasteiger partial charge in [0.05, 0.1) is 12.8 Å². The zero-order valence-electron chi connectivity index (χ0n) is 14.6. The number of likely N-dealkylation sites (N-methyl/N-ethyl adjacent to an activating group) is 1. The van der Waals surface area contributed by atoms with E-state index < -0.39 is 5.60 Å². The van der Waals surface area contributed by atoms with Crippen molar-refractivity contribution in [3.8, 4) is 5.75 Å². The van der Waals surface area contributed by atoms with Gasteiger partial charge in [-0.25, -0.2) is 0 Å². The number of oxime groups is 1. The Labute approximate surface area is 143 Å². The van der Waals surface area contributed by atoms with Crippen LogP contribution in [0, 0.1) is 0 Å². The molecule has 0 N–H and O–H groups in total. The molecule has 0 bridgehead atoms. The monoisotopic (exact) mass is 331 g/mol. The highest BCUT2D eigenvalue weighted by Gasteiger charge is 2.45. The third kappa shape index (κ3) is 3.11. The number of methoxy groups -OCH3 is 1. The van der Waals surface area contributed by atoms with Crippen molar-refractivity contribution in [3.05, 3.63) is 29.8 Å². The second kappa shape index (κ2) is 6.81. The molecule has 0 unspecified atom stereocenters. The van der Waals surface area contributed by atoms with Gasteiger partial charge in [-0.15, -0.1) is 0 Å². The summed E-state index contributed by atoms with van der Waals surface area (Å²) in [4.78, 5) is 22.8. The fraction of sp³-hybridized carbons (Fsp3) is 0.556. The van der Waals surface area contributed by atoms with E-state index in [1.165, 1.54) is 0 Å². The highest BCUT2D eigenvalue weighted by molar-refractivity contribution is 6.07. The second-order valence-electron chi connectivity index (χ2n) is 6.46. The number of piperazine rings is 1. The van der Waals surface area contributed by atoms with Gasteiger partial charge in [0.15, 0.2) is 0 Å². The molecule has 0 spiro atoms. The Kier molecular flexibility index (Phi) is 4.76. The molecule has 0 aliphatic carbocycles. The van der Waals surface area contributed by atoms with Gasteiger partial charge in [0.25, 0.3) is 5.91 Å². The number of carbonyl (C=O) groups is 1. The van der Waals surface area contributed by atoms with Crippen LogP contribution >= 0.6 is 0 Å². The Balaban J connectivity index is 1.69. The van der Waals surface area contributed by atoms with Crippen molar-refractivity contribution in [2.45, 2.75) is 25.9 Å². The van der Waals surface area contributed by atoms with Crippen LogP contribution in [0.2, 0.25) is 0 Å². The van der Waals surface area contributed by atoms with Crippen LogP contribution < -0.4 is 4.74 Å². The Bertz CT molecular complexity index is 638. The van der Waals surface area contributed by atoms with Gasteiger partial charge < -0.3 is 19.4 Å². The third-order valence-electron chi connectivity index (χ3n) is 4.84. The van der Waals surface area contributed by atoms with E-state index in [1.54, 1.807) is 7.11 Å². The lowest BCUT2D eigenvalue weighted by Crippen LogP contribution is -2.54. The first-order valence-corrected chi connectivity index (χ1v) is 8.47. The molecular formula is C18H25N3O3. The van der Waals surface area contributed by atoms with E-state index in [9.17, 15) is 4.79 Å². The molecule has 6 nitrogen and oxygen atoms in total. The molecule has 1 saturated heterocycles. The molecule has 6 heteroatoms. The van der Waals surface area contributed by atoms with Gasteiger partial charge in [-0.05, 0) is 25.6 Å². The highest BCUT2D eigenvalue weighted by atomic mass is 16.7. The van der Waals surface area contributed by atoms with Crippen LogP contribution in [-0.4, -0.2) is 66.9 Å². The Hall–Kier alpha value is -2.08. The molecule has 2 aliphatic rings. The van der Waals surface area contributed by atoms with Crippen molar-refractivity contribution < 1.29 is 14.4 Å². The predicted octanol–water partition coefficient (Wildman–Crippen LogP) is 1.74. The quantitative estimate of drug-likeness (QED) is 0.843. The number of benzene rings is 1. The zero-order chi connectivity index (χ0) is 17.2. The number of nitrogens with zero attached hydrogens (tertiary/aromatic N) is 3. The minimum absolute atomic E-state index is 0.0203. The van der Waals surface area contributed by atoms with Gasteiger partial charge in [-0.3, -0.25) is 4.79 Å². The number of amides is 1. The van der Waals surface area contributed by atoms with Crippen molar-refractivity contribution >= 4 is 11.6 Å². The average Bonchev–Trinajstić information content (AvgIpc) is 3.04. The first-order chi connectivity index (χ1) is 11.6. The van der Waals surface area contributed by atoms with Crippen LogP contribution in [0.1, 0.15) is 25.8 Å². The number of ether oxygens (including phenoxy) is 1. The first-order valence-electron chi connectivity index (χ1n) is 8.47. The van der Waals surface area contributed by atoms with Gasteiger partial charge in [0.2, 0.25) is 5.60 Å². The molecule has 1 aromatic carbocycles. The molecule has 0 saturated carbocycles. The van der Waals surface area contributed by atoms with Crippen LogP contribution in [-0.2, 0) is 9.63 Å². The van der Waals surface area contributed by atoms with Crippen LogP contribution in [0.15, 0.2) is 29.4 Å². The van der Waals surface area contributed by atoms with Crippen LogP contribution in [0.4, 0.5) is 0 Å². The predicted molar refractivity (Wildman–Crippen MR) is 92.3 cm³/mol. The lowest BCUT2D eigenvalue weighted by atomic mass is 9.94. The minimum atomic E-state index is -0.926. The summed E-state index contributed by atoms with van der Waals surface area (Å²) >= 11 is 0. The largest absolute Gasteiger partial charge is 0.496 e. The summed E-state index contributed by atoms with van der Waals surface area (Å²) in [5.74, 6) is 0.764. The second-order valence-corrected chi connectivity index (χ2v) is 6.46. The molecule has 3 rings (SSSR count). The average molecular weight is 331 g/mol. The first kappa shape index (κ1) is 16.8. The molecule has 130 valence electrons. The van der Waals surface area contributed by atoms with E-state index in [1.807, 2.05) is 36.1 Å². The van der Waals surface area contributed by atoms with Gasteiger partial charge in [-0.2, -0.15) is 0 Å². The van der Waals surface area contributed by atoms with Gasteiger partial charge in [-0.1, -0.05) is 24.2 Å². The molecular weight excluding hydrogens is 306 g/mol. The van der Waals surface area contributed by atoms with E-state index in [4.69, 9.17) is 9.57 Å². The van der Waals surface area contributed by atoms with E-state index in [0.29, 0.717) is 6.42 Å². The normalized spacial score (nSPS) is 24.5. The van der Waals surface area contributed by atoms with Crippen molar-refractivity contribution in [2.75, 3.05) is 39.8 Å². The highest BCUT2D eigenvalue weighted by Crippen LogP contribution is 2.31. The number of rotatable bonds is 4. The van der Waals surface area contributed by atoms with Crippen molar-refractivity contribution in [1.82, 2.24) is 9.80 Å². The van der Waals surface area contributed by atoms with E-state index in [0.717, 1.165) is 49.7 Å². The lowest BCUT2D eigenvalue weighted by molar-refractivity contribution is -0.155. The molecule has 0 radical (unpaired) electrons. The molecule has 2 aliphatic heterocycles. The summed E-state index contributed by atoms with van der Waals surface area (Å²) in [5.41, 5.74) is 0.715. The van der Waals surface area contributed by atoms with Crippen LogP contribution in [0.3, 0.4) is 0 Å². The molecule has 2 heterocycles. The number of para-hydroxylation sites is 1. The molecule has 1 aromatic rings. The van der Waals surface area contributed by atoms with E-state index in [-0.39, 0.29) is 5.91 Å². The van der Waals surface area contributed by atoms with Crippen LogP contribution in [0.25, 0.3) is 0 Å². The smallest absolute Gasteiger partial charge is 0.269 e. The summed E-state index contributed by atoms with van der Waals surface area (Å²) in [5, 5.41) is 4.19. The molecule has 1 amide bonds. The van der Waals surface area contributed by atoms with E-state index >= 15 is 0 Å². The van der Waals surface area contributed by atoms with Crippen molar-refractivity contribution in [2.24, 2.45) is 5.16 Å². The fourth-order valence-electron chi connectivity index (χ4n) is 3.28. The zero-order valence-corrected chi connectivity index (χ0v) is 14.6. The minimum Gasteiger partial charge on any atom is -0.496 e. The maximum atomic E-state index is 12.9. The number of hydrogen-bond acceptors (Lipinski definition) is 5. The van der Waals surface area contributed by atoms with Crippen molar-refractivity contribution in [1.29, 1.82) is 0 Å². The Morgan fingerprint density at radius 3 is 2.67 bits per heavy atom. The van der Waals surface area contributed by atoms with Crippen molar-refractivity contribution in [3.63, 3.8) is 0 Å². The van der Waals surface area contributed by atoms with E-state index in [2.05, 4.69) is 17.0 Å². The lowest BCUT2D eigenvalue weighted by Gasteiger charge is -2.37. The molecule has 24 heavy (non-hydrogen) atoms. The SMILES string of the molecule is CCN1CCN(C(=O)[C@]2(C)CC(c3ccccc3OC)=NO2)CC1. The molecule has 0 aromatic heterocycles. The fourth-order valence-corrected chi connectivity index (χ4v) is 3.28. The number of carbonyl (C=O) groups excluding carboxylic acids is 1. The topological polar surface area (TPSA) is 54.4 Å². The van der Waals surface area contributed by atoms with Gasteiger partial charge >= 0.3 is 0 Å². The third-order valence-corrected chi connectivity index (χ3v) is 4.84. The number of hydrogen-bond donors (Lipinski definition) is 0. The molecule has 1 fully saturated rings. The summed E-state index contributed by atoms with van der Waals surface area (Å²) < 4.78 is 5.39. The Morgan fingerprint density at radius 2 is 2.00 bits per heavy atom. The summed E-state index contributed by atoms with van der Waals surface area (Å²) in [7, 11) is 1.63. The maximum absolute atomic E-state index is 12.9. The molecule has 1 atom stereocenters. The standard InChI is InChI=1S/C18H25N3O3/c1-4-20-9-11-21(12-10-20)17(22)18(2)13-15(19-24-18)14-7-5-6-8-16(14)23-3/h5-8H,4,9-13H2,1-3H3/t18-/m0/s1. The summed E-state index contributed by atoms with van der Waals surface area (Å²) in [6, 6.07) is 7.68. The summed E-state index contributed by atoms with van der Waals surface area (Å²) in [6.07, 6.45) is 0.459. The van der Waals surface area contributed by atoms with Gasteiger partial charge in [0.1, 0.15) is 5.75 Å². The van der Waals surface area contributed by atoms with Gasteiger partial charge in [0, 0.05) is 38.2 Å². The maximum Gasteiger partial charge on any atom is 0.269 e. The Morgan fingerprint density at radius 1 is 1.29 bits per heavy atom. The summed E-state index contributed by atoms with van der Waals surface area (Å²) in [6.45, 7) is 8.32. The van der Waals surface area contributed by atoms with Crippen LogP contribution in [0.5, 0.6) is 5.75 Å².